The summed E-state index contributed by atoms with van der Waals surface area (Å²) in [4.78, 5) is 23.8. The first-order valence-corrected chi connectivity index (χ1v) is 7.29. The molecular weight excluding hydrogens is 353 g/mol. The van der Waals surface area contributed by atoms with Gasteiger partial charge in [-0.3, -0.25) is 0 Å². The maximum Gasteiger partial charge on any atom is 0.416 e. The predicted octanol–water partition coefficient (Wildman–Crippen LogP) is 4.37. The molecule has 0 saturated carbocycles. The maximum atomic E-state index is 12.8. The van der Waals surface area contributed by atoms with E-state index in [0.717, 1.165) is 19.2 Å². The molecule has 0 radical (unpaired) electrons. The second-order valence-electron chi connectivity index (χ2n) is 5.23. The lowest BCUT2D eigenvalue weighted by molar-refractivity contribution is -0.137. The van der Waals surface area contributed by atoms with Crippen LogP contribution in [0, 0.1) is 0 Å². The Morgan fingerprint density at radius 2 is 1.81 bits per heavy atom. The smallest absolute Gasteiger partial charge is 0.416 e. The third kappa shape index (κ3) is 3.26. The van der Waals surface area contributed by atoms with E-state index in [-0.39, 0.29) is 22.6 Å². The number of carbonyl (C=O) groups excluding carboxylic acids is 1. The number of benzene rings is 1. The number of methoxy groups -OCH3 is 1. The van der Waals surface area contributed by atoms with Gasteiger partial charge in [0.1, 0.15) is 5.56 Å². The minimum Gasteiger partial charge on any atom is -0.465 e. The Bertz CT molecular complexity index is 983. The zero-order valence-electron chi connectivity index (χ0n) is 13.3. The fraction of sp³-hybridized carbons (Fsp3) is 0.111. The van der Waals surface area contributed by atoms with E-state index in [1.54, 1.807) is 6.07 Å². The Balaban J connectivity index is 2.21. The lowest BCUT2D eigenvalue weighted by Gasteiger charge is -2.10. The van der Waals surface area contributed by atoms with E-state index in [9.17, 15) is 22.8 Å². The van der Waals surface area contributed by atoms with Crippen molar-refractivity contribution in [1.82, 2.24) is 0 Å². The minimum atomic E-state index is -4.48. The van der Waals surface area contributed by atoms with Crippen molar-refractivity contribution in [1.29, 1.82) is 0 Å². The average Bonchev–Trinajstić information content (AvgIpc) is 3.14. The first-order chi connectivity index (χ1) is 12.3. The van der Waals surface area contributed by atoms with Gasteiger partial charge in [0, 0.05) is 5.56 Å². The fourth-order valence-corrected chi connectivity index (χ4v) is 2.37. The molecule has 1 aromatic carbocycles. The summed E-state index contributed by atoms with van der Waals surface area (Å²) in [5.74, 6) is -0.737. The van der Waals surface area contributed by atoms with Gasteiger partial charge in [-0.15, -0.1) is 0 Å². The van der Waals surface area contributed by atoms with Gasteiger partial charge >= 0.3 is 17.8 Å². The van der Waals surface area contributed by atoms with Crippen molar-refractivity contribution in [3.8, 4) is 22.6 Å². The van der Waals surface area contributed by atoms with Crippen LogP contribution in [0.3, 0.4) is 0 Å². The number of carbonyl (C=O) groups is 1. The van der Waals surface area contributed by atoms with Gasteiger partial charge in [-0.05, 0) is 35.9 Å². The molecule has 0 saturated heterocycles. The van der Waals surface area contributed by atoms with Crippen LogP contribution in [0.5, 0.6) is 0 Å². The van der Waals surface area contributed by atoms with E-state index in [0.29, 0.717) is 5.56 Å². The van der Waals surface area contributed by atoms with Gasteiger partial charge in [-0.1, -0.05) is 12.1 Å². The monoisotopic (exact) mass is 364 g/mol. The number of hydrogen-bond acceptors (Lipinski definition) is 5. The van der Waals surface area contributed by atoms with Crippen molar-refractivity contribution in [2.24, 2.45) is 0 Å². The van der Waals surface area contributed by atoms with Gasteiger partial charge in [0.2, 0.25) is 0 Å². The first-order valence-electron chi connectivity index (χ1n) is 7.29. The van der Waals surface area contributed by atoms with Gasteiger partial charge in [0.15, 0.2) is 11.5 Å². The van der Waals surface area contributed by atoms with Crippen LogP contribution in [0.4, 0.5) is 13.2 Å². The zero-order chi connectivity index (χ0) is 18.9. The van der Waals surface area contributed by atoms with Crippen molar-refractivity contribution in [3.05, 3.63) is 70.3 Å². The Morgan fingerprint density at radius 1 is 1.12 bits per heavy atom. The van der Waals surface area contributed by atoms with E-state index < -0.39 is 23.3 Å². The second-order valence-corrected chi connectivity index (χ2v) is 5.23. The molecular formula is C18H11F3O5. The van der Waals surface area contributed by atoms with Gasteiger partial charge in [-0.2, -0.15) is 13.2 Å². The quantitative estimate of drug-likeness (QED) is 0.646. The molecule has 8 heteroatoms. The fourth-order valence-electron chi connectivity index (χ4n) is 2.37. The van der Waals surface area contributed by atoms with E-state index in [4.69, 9.17) is 8.83 Å². The van der Waals surface area contributed by atoms with Crippen LogP contribution < -0.4 is 5.63 Å². The Hall–Kier alpha value is -3.29. The number of hydrogen-bond donors (Lipinski definition) is 0. The molecule has 0 atom stereocenters. The van der Waals surface area contributed by atoms with Crippen molar-refractivity contribution in [2.75, 3.05) is 7.11 Å². The van der Waals surface area contributed by atoms with Crippen LogP contribution in [0.15, 0.2) is 62.4 Å². The molecule has 0 unspecified atom stereocenters. The van der Waals surface area contributed by atoms with Crippen LogP contribution in [0.2, 0.25) is 0 Å². The average molecular weight is 364 g/mol. The SMILES string of the molecule is COC(=O)c1cc(-c2ccc(C(F)(F)F)cc2)c(-c2ccco2)oc1=O. The predicted molar refractivity (Wildman–Crippen MR) is 84.5 cm³/mol. The molecule has 5 nitrogen and oxygen atoms in total. The lowest BCUT2D eigenvalue weighted by atomic mass is 10.0. The summed E-state index contributed by atoms with van der Waals surface area (Å²) in [6, 6.07) is 8.49. The van der Waals surface area contributed by atoms with E-state index in [1.807, 2.05) is 0 Å². The Labute approximate surface area is 144 Å². The Kier molecular flexibility index (Phi) is 4.41. The summed E-state index contributed by atoms with van der Waals surface area (Å²) in [6.45, 7) is 0. The highest BCUT2D eigenvalue weighted by Crippen LogP contribution is 2.35. The van der Waals surface area contributed by atoms with Gasteiger partial charge in [0.05, 0.1) is 18.9 Å². The number of halogens is 3. The number of ether oxygens (including phenoxy) is 1. The summed E-state index contributed by atoms with van der Waals surface area (Å²) >= 11 is 0. The van der Waals surface area contributed by atoms with Crippen molar-refractivity contribution >= 4 is 5.97 Å². The largest absolute Gasteiger partial charge is 0.465 e. The molecule has 134 valence electrons. The molecule has 0 aliphatic heterocycles. The van der Waals surface area contributed by atoms with Crippen LogP contribution in [0.1, 0.15) is 15.9 Å². The van der Waals surface area contributed by atoms with E-state index in [1.165, 1.54) is 30.5 Å². The molecule has 0 spiro atoms. The summed E-state index contributed by atoms with van der Waals surface area (Å²) < 4.78 is 53.2. The van der Waals surface area contributed by atoms with Crippen molar-refractivity contribution < 1.29 is 31.5 Å². The van der Waals surface area contributed by atoms with Crippen LogP contribution in [0.25, 0.3) is 22.6 Å². The molecule has 2 aromatic heterocycles. The molecule has 26 heavy (non-hydrogen) atoms. The summed E-state index contributed by atoms with van der Waals surface area (Å²) in [5, 5.41) is 0. The standard InChI is InChI=1S/C18H11F3O5/c1-24-16(22)13-9-12(10-4-6-11(7-5-10)18(19,20)21)15(26-17(13)23)14-3-2-8-25-14/h2-9H,1H3. The number of esters is 1. The summed E-state index contributed by atoms with van der Waals surface area (Å²) in [6.07, 6.45) is -3.14. The van der Waals surface area contributed by atoms with Gasteiger partial charge in [0.25, 0.3) is 0 Å². The third-order valence-electron chi connectivity index (χ3n) is 3.62. The van der Waals surface area contributed by atoms with Gasteiger partial charge in [-0.25, -0.2) is 9.59 Å². The van der Waals surface area contributed by atoms with Crippen molar-refractivity contribution in [2.45, 2.75) is 6.18 Å². The molecule has 0 bridgehead atoms. The molecule has 0 aliphatic rings. The molecule has 0 amide bonds. The molecule has 3 rings (SSSR count). The zero-order valence-corrected chi connectivity index (χ0v) is 13.3. The highest BCUT2D eigenvalue weighted by Gasteiger charge is 2.30. The molecule has 3 aromatic rings. The topological polar surface area (TPSA) is 69.7 Å². The van der Waals surface area contributed by atoms with E-state index >= 15 is 0 Å². The minimum absolute atomic E-state index is 0.00703. The first kappa shape index (κ1) is 17.5. The van der Waals surface area contributed by atoms with Crippen LogP contribution >= 0.6 is 0 Å². The molecule has 0 aliphatic carbocycles. The molecule has 0 N–H and O–H groups in total. The highest BCUT2D eigenvalue weighted by molar-refractivity contribution is 5.92. The van der Waals surface area contributed by atoms with Crippen LogP contribution in [-0.2, 0) is 10.9 Å². The summed E-state index contributed by atoms with van der Waals surface area (Å²) in [5.41, 5.74) is -1.63. The normalized spacial score (nSPS) is 11.4. The van der Waals surface area contributed by atoms with Gasteiger partial charge < -0.3 is 13.6 Å². The number of furan rings is 1. The lowest BCUT2D eigenvalue weighted by Crippen LogP contribution is -2.16. The number of alkyl halides is 3. The van der Waals surface area contributed by atoms with Crippen molar-refractivity contribution in [3.63, 3.8) is 0 Å². The highest BCUT2D eigenvalue weighted by atomic mass is 19.4. The molecule has 0 fully saturated rings. The number of rotatable bonds is 3. The maximum absolute atomic E-state index is 12.8. The van der Waals surface area contributed by atoms with E-state index in [2.05, 4.69) is 4.74 Å². The summed E-state index contributed by atoms with van der Waals surface area (Å²) in [7, 11) is 1.10. The molecule has 2 heterocycles. The Morgan fingerprint density at radius 3 is 2.35 bits per heavy atom. The van der Waals surface area contributed by atoms with Crippen LogP contribution in [-0.4, -0.2) is 13.1 Å². The second kappa shape index (κ2) is 6.55. The third-order valence-corrected chi connectivity index (χ3v) is 3.62.